The second kappa shape index (κ2) is 10.2. The highest BCUT2D eigenvalue weighted by Crippen LogP contribution is 2.36. The van der Waals surface area contributed by atoms with Crippen molar-refractivity contribution in [2.24, 2.45) is 5.73 Å². The molecule has 1 aliphatic heterocycles. The summed E-state index contributed by atoms with van der Waals surface area (Å²) in [7, 11) is 0. The summed E-state index contributed by atoms with van der Waals surface area (Å²) in [5.74, 6) is -0.271. The number of benzene rings is 2. The summed E-state index contributed by atoms with van der Waals surface area (Å²) in [6.45, 7) is 0.703. The van der Waals surface area contributed by atoms with Crippen LogP contribution in [0.15, 0.2) is 48.5 Å². The van der Waals surface area contributed by atoms with E-state index in [0.717, 1.165) is 0 Å². The first kappa shape index (κ1) is 24.1. The Kier molecular flexibility index (Phi) is 8.47. The van der Waals surface area contributed by atoms with Crippen molar-refractivity contribution in [3.63, 3.8) is 0 Å². The molecule has 2 atom stereocenters. The Labute approximate surface area is 186 Å². The number of rotatable bonds is 6. The molecule has 0 saturated carbocycles. The number of carbonyl (C=O) groups is 1. The van der Waals surface area contributed by atoms with E-state index in [0.29, 0.717) is 47.1 Å². The Bertz CT molecular complexity index is 830. The zero-order chi connectivity index (χ0) is 20.3. The predicted molar refractivity (Wildman–Crippen MR) is 117 cm³/mol. The first-order chi connectivity index (χ1) is 13.3. The molecule has 8 heteroatoms. The van der Waals surface area contributed by atoms with Gasteiger partial charge in [-0.2, -0.15) is 0 Å². The van der Waals surface area contributed by atoms with Crippen LogP contribution in [0.4, 0.5) is 4.39 Å². The lowest BCUT2D eigenvalue weighted by Crippen LogP contribution is -2.48. The number of nitrogens with two attached hydrogens (primary N) is 1. The van der Waals surface area contributed by atoms with E-state index in [1.165, 1.54) is 0 Å². The number of piperidine rings is 1. The first-order valence-corrected chi connectivity index (χ1v) is 9.96. The van der Waals surface area contributed by atoms with E-state index in [4.69, 9.17) is 28.9 Å². The van der Waals surface area contributed by atoms with Crippen LogP contribution in [0.3, 0.4) is 0 Å². The maximum absolute atomic E-state index is 14.8. The SMILES string of the molecule is Cl.NC(CC(F)N1CCC(O)(c2ccc(Cl)c(Cl)c2)CC1)C(=O)c1ccccc1. The molecule has 0 bridgehead atoms. The standard InChI is InChI=1S/C21H23Cl2FN2O2.ClH/c22-16-7-6-15(12-17(16)23)21(28)8-10-26(11-9-21)19(24)13-18(25)20(27)14-4-2-1-3-5-14;/h1-7,12,18-19,28H,8-11,13,25H2;1H. The quantitative estimate of drug-likeness (QED) is 0.487. The van der Waals surface area contributed by atoms with Gasteiger partial charge in [-0.15, -0.1) is 12.4 Å². The van der Waals surface area contributed by atoms with Crippen LogP contribution in [0, 0.1) is 0 Å². The smallest absolute Gasteiger partial charge is 0.179 e. The van der Waals surface area contributed by atoms with Crippen molar-refractivity contribution in [2.45, 2.75) is 37.2 Å². The lowest BCUT2D eigenvalue weighted by Gasteiger charge is -2.40. The Morgan fingerprint density at radius 3 is 2.34 bits per heavy atom. The molecule has 158 valence electrons. The number of nitrogens with zero attached hydrogens (tertiary/aromatic N) is 1. The summed E-state index contributed by atoms with van der Waals surface area (Å²) >= 11 is 12.0. The number of hydrogen-bond acceptors (Lipinski definition) is 4. The third-order valence-corrected chi connectivity index (χ3v) is 6.06. The average Bonchev–Trinajstić information content (AvgIpc) is 2.70. The van der Waals surface area contributed by atoms with E-state index in [9.17, 15) is 14.3 Å². The molecule has 1 fully saturated rings. The molecular formula is C21H24Cl3FN2O2. The van der Waals surface area contributed by atoms with Gasteiger partial charge in [-0.25, -0.2) is 4.39 Å². The predicted octanol–water partition coefficient (Wildman–Crippen LogP) is 4.59. The molecule has 3 rings (SSSR count). The molecule has 0 radical (unpaired) electrons. The summed E-state index contributed by atoms with van der Waals surface area (Å²) in [5.41, 5.74) is 6.02. The highest BCUT2D eigenvalue weighted by atomic mass is 35.5. The molecule has 4 nitrogen and oxygen atoms in total. The fourth-order valence-corrected chi connectivity index (χ4v) is 3.83. The van der Waals surface area contributed by atoms with Gasteiger partial charge >= 0.3 is 0 Å². The minimum Gasteiger partial charge on any atom is -0.385 e. The molecule has 1 aliphatic rings. The molecule has 2 aromatic carbocycles. The summed E-state index contributed by atoms with van der Waals surface area (Å²) < 4.78 is 14.8. The van der Waals surface area contributed by atoms with Crippen LogP contribution in [-0.4, -0.2) is 41.2 Å². The minimum atomic E-state index is -1.35. The molecule has 2 unspecified atom stereocenters. The van der Waals surface area contributed by atoms with Gasteiger partial charge in [-0.05, 0) is 30.5 Å². The van der Waals surface area contributed by atoms with Gasteiger partial charge in [-0.1, -0.05) is 59.6 Å². The van der Waals surface area contributed by atoms with E-state index in [-0.39, 0.29) is 24.6 Å². The number of carbonyl (C=O) groups excluding carboxylic acids is 1. The highest BCUT2D eigenvalue weighted by Gasteiger charge is 2.37. The lowest BCUT2D eigenvalue weighted by molar-refractivity contribution is -0.0563. The topological polar surface area (TPSA) is 66.6 Å². The maximum atomic E-state index is 14.8. The van der Waals surface area contributed by atoms with E-state index in [1.807, 2.05) is 6.07 Å². The number of halogens is 4. The molecule has 0 aliphatic carbocycles. The van der Waals surface area contributed by atoms with Crippen molar-refractivity contribution in [3.8, 4) is 0 Å². The Hall–Kier alpha value is -1.21. The van der Waals surface area contributed by atoms with Gasteiger partial charge < -0.3 is 10.8 Å². The van der Waals surface area contributed by atoms with E-state index >= 15 is 0 Å². The summed E-state index contributed by atoms with van der Waals surface area (Å²) in [5, 5.41) is 11.7. The molecule has 0 spiro atoms. The van der Waals surface area contributed by atoms with Crippen molar-refractivity contribution in [2.75, 3.05) is 13.1 Å². The summed E-state index contributed by atoms with van der Waals surface area (Å²) in [4.78, 5) is 14.0. The highest BCUT2D eigenvalue weighted by molar-refractivity contribution is 6.42. The third-order valence-electron chi connectivity index (χ3n) is 5.32. The molecule has 3 N–H and O–H groups in total. The third kappa shape index (κ3) is 5.69. The molecule has 0 aromatic heterocycles. The van der Waals surface area contributed by atoms with Crippen molar-refractivity contribution >= 4 is 41.4 Å². The second-order valence-corrected chi connectivity index (χ2v) is 8.02. The zero-order valence-electron chi connectivity index (χ0n) is 15.7. The largest absolute Gasteiger partial charge is 0.385 e. The molecule has 29 heavy (non-hydrogen) atoms. The fourth-order valence-electron chi connectivity index (χ4n) is 3.53. The van der Waals surface area contributed by atoms with Crippen molar-refractivity contribution in [1.82, 2.24) is 4.90 Å². The van der Waals surface area contributed by atoms with Gasteiger partial charge in [-0.3, -0.25) is 9.69 Å². The van der Waals surface area contributed by atoms with Crippen LogP contribution in [0.1, 0.15) is 35.2 Å². The summed E-state index contributed by atoms with van der Waals surface area (Å²) in [6.07, 6.45) is -0.722. The van der Waals surface area contributed by atoms with Crippen molar-refractivity contribution in [3.05, 3.63) is 69.7 Å². The Balaban J connectivity index is 0.00000300. The fraction of sp³-hybridized carbons (Fsp3) is 0.381. The zero-order valence-corrected chi connectivity index (χ0v) is 18.1. The van der Waals surface area contributed by atoms with Crippen molar-refractivity contribution < 1.29 is 14.3 Å². The van der Waals surface area contributed by atoms with E-state index < -0.39 is 17.9 Å². The first-order valence-electron chi connectivity index (χ1n) is 9.21. The Morgan fingerprint density at radius 1 is 1.14 bits per heavy atom. The van der Waals surface area contributed by atoms with Gasteiger partial charge in [0, 0.05) is 25.1 Å². The van der Waals surface area contributed by atoms with Gasteiger partial charge in [0.2, 0.25) is 0 Å². The van der Waals surface area contributed by atoms with Gasteiger partial charge in [0.05, 0.1) is 21.7 Å². The maximum Gasteiger partial charge on any atom is 0.179 e. The van der Waals surface area contributed by atoms with Crippen LogP contribution in [0.25, 0.3) is 0 Å². The Morgan fingerprint density at radius 2 is 1.76 bits per heavy atom. The number of alkyl halides is 1. The lowest BCUT2D eigenvalue weighted by atomic mass is 9.84. The molecule has 1 saturated heterocycles. The van der Waals surface area contributed by atoms with E-state index in [1.54, 1.807) is 47.4 Å². The molecule has 2 aromatic rings. The molecule has 1 heterocycles. The normalized spacial score (nSPS) is 18.5. The van der Waals surface area contributed by atoms with Crippen molar-refractivity contribution in [1.29, 1.82) is 0 Å². The monoisotopic (exact) mass is 460 g/mol. The average molecular weight is 462 g/mol. The van der Waals surface area contributed by atoms with Crippen LogP contribution < -0.4 is 5.73 Å². The molecular weight excluding hydrogens is 438 g/mol. The number of aliphatic hydroxyl groups is 1. The second-order valence-electron chi connectivity index (χ2n) is 7.20. The van der Waals surface area contributed by atoms with Crippen LogP contribution >= 0.6 is 35.6 Å². The number of likely N-dealkylation sites (tertiary alicyclic amines) is 1. The molecule has 0 amide bonds. The van der Waals surface area contributed by atoms with Crippen LogP contribution in [0.5, 0.6) is 0 Å². The number of ketones is 1. The number of hydrogen-bond donors (Lipinski definition) is 2. The van der Waals surface area contributed by atoms with E-state index in [2.05, 4.69) is 0 Å². The van der Waals surface area contributed by atoms with Crippen LogP contribution in [0.2, 0.25) is 10.0 Å². The summed E-state index contributed by atoms with van der Waals surface area (Å²) in [6, 6.07) is 12.8. The van der Waals surface area contributed by atoms with Gasteiger partial charge in [0.25, 0.3) is 0 Å². The van der Waals surface area contributed by atoms with Gasteiger partial charge in [0.15, 0.2) is 12.1 Å². The van der Waals surface area contributed by atoms with Crippen LogP contribution in [-0.2, 0) is 5.60 Å². The number of Topliss-reactive ketones (excluding diaryl/α,β-unsaturated/α-hetero) is 1. The minimum absolute atomic E-state index is 0. The van der Waals surface area contributed by atoms with Gasteiger partial charge in [0.1, 0.15) is 0 Å².